The number of methoxy groups -OCH3 is 1. The van der Waals surface area contributed by atoms with Crippen molar-refractivity contribution in [3.63, 3.8) is 0 Å². The molecule has 0 amide bonds. The first-order valence-corrected chi connectivity index (χ1v) is 5.26. The largest absolute Gasteiger partial charge is 0.463 e. The molecule has 2 heterocycles. The molecule has 0 aromatic carbocycles. The number of carbonyl (C=O) groups is 2. The van der Waals surface area contributed by atoms with Gasteiger partial charge in [0.25, 0.3) is 0 Å². The van der Waals surface area contributed by atoms with E-state index in [0.717, 1.165) is 5.69 Å². The standard InChI is InChI=1S/C12H12N2O4/c1-7-8(6-13-14(7)2)11(15)9-4-5-10(18-9)12(16)17-3/h4-6H,1-3H3. The molecule has 94 valence electrons. The highest BCUT2D eigenvalue weighted by atomic mass is 16.5. The SMILES string of the molecule is COC(=O)c1ccc(C(=O)c2cnn(C)c2C)o1. The van der Waals surface area contributed by atoms with E-state index in [1.54, 1.807) is 18.7 Å². The highest BCUT2D eigenvalue weighted by molar-refractivity contribution is 6.08. The molecule has 2 aromatic rings. The topological polar surface area (TPSA) is 74.3 Å². The van der Waals surface area contributed by atoms with Gasteiger partial charge in [-0.15, -0.1) is 0 Å². The van der Waals surface area contributed by atoms with Crippen molar-refractivity contribution in [3.05, 3.63) is 41.1 Å². The molecular weight excluding hydrogens is 236 g/mol. The number of ketones is 1. The fraction of sp³-hybridized carbons (Fsp3) is 0.250. The third kappa shape index (κ3) is 1.92. The lowest BCUT2D eigenvalue weighted by atomic mass is 10.1. The number of hydrogen-bond acceptors (Lipinski definition) is 5. The Morgan fingerprint density at radius 2 is 2.00 bits per heavy atom. The molecule has 0 saturated heterocycles. The Balaban J connectivity index is 2.32. The van der Waals surface area contributed by atoms with E-state index in [1.165, 1.54) is 25.4 Å². The van der Waals surface area contributed by atoms with Crippen molar-refractivity contribution in [1.29, 1.82) is 0 Å². The molecule has 0 radical (unpaired) electrons. The Morgan fingerprint density at radius 1 is 1.33 bits per heavy atom. The molecule has 6 nitrogen and oxygen atoms in total. The summed E-state index contributed by atoms with van der Waals surface area (Å²) in [6.07, 6.45) is 1.47. The van der Waals surface area contributed by atoms with Crippen LogP contribution in [0, 0.1) is 6.92 Å². The average Bonchev–Trinajstić information content (AvgIpc) is 2.97. The van der Waals surface area contributed by atoms with Crippen LogP contribution in [0.15, 0.2) is 22.7 Å². The molecular formula is C12H12N2O4. The molecule has 0 fully saturated rings. The van der Waals surface area contributed by atoms with Gasteiger partial charge in [0.2, 0.25) is 11.5 Å². The molecule has 18 heavy (non-hydrogen) atoms. The van der Waals surface area contributed by atoms with Crippen molar-refractivity contribution in [2.24, 2.45) is 7.05 Å². The highest BCUT2D eigenvalue weighted by Gasteiger charge is 2.20. The number of ether oxygens (including phenoxy) is 1. The minimum atomic E-state index is -0.614. The van der Waals surface area contributed by atoms with Gasteiger partial charge in [-0.05, 0) is 19.1 Å². The van der Waals surface area contributed by atoms with E-state index in [2.05, 4.69) is 9.84 Å². The maximum atomic E-state index is 12.1. The van der Waals surface area contributed by atoms with E-state index in [4.69, 9.17) is 4.42 Å². The number of nitrogens with zero attached hydrogens (tertiary/aromatic N) is 2. The van der Waals surface area contributed by atoms with Gasteiger partial charge < -0.3 is 9.15 Å². The summed E-state index contributed by atoms with van der Waals surface area (Å²) >= 11 is 0. The van der Waals surface area contributed by atoms with Gasteiger partial charge in [0.15, 0.2) is 5.76 Å². The molecule has 0 aliphatic carbocycles. The quantitative estimate of drug-likeness (QED) is 0.605. The Hall–Kier alpha value is -2.37. The molecule has 0 unspecified atom stereocenters. The van der Waals surface area contributed by atoms with Gasteiger partial charge in [-0.25, -0.2) is 4.79 Å². The van der Waals surface area contributed by atoms with Gasteiger partial charge in [-0.3, -0.25) is 9.48 Å². The first kappa shape index (κ1) is 12.1. The number of hydrogen-bond donors (Lipinski definition) is 0. The summed E-state index contributed by atoms with van der Waals surface area (Å²) in [7, 11) is 2.99. The molecule has 0 bridgehead atoms. The summed E-state index contributed by atoms with van der Waals surface area (Å²) in [5, 5.41) is 3.98. The van der Waals surface area contributed by atoms with E-state index >= 15 is 0 Å². The summed E-state index contributed by atoms with van der Waals surface area (Å²) < 4.78 is 11.3. The third-order valence-electron chi connectivity index (χ3n) is 2.70. The predicted octanol–water partition coefficient (Wildman–Crippen LogP) is 1.34. The van der Waals surface area contributed by atoms with E-state index in [-0.39, 0.29) is 17.3 Å². The normalized spacial score (nSPS) is 10.4. The zero-order valence-electron chi connectivity index (χ0n) is 10.3. The van der Waals surface area contributed by atoms with Crippen LogP contribution in [-0.4, -0.2) is 28.6 Å². The number of furan rings is 1. The fourth-order valence-electron chi connectivity index (χ4n) is 1.52. The van der Waals surface area contributed by atoms with E-state index in [1.807, 2.05) is 0 Å². The second-order valence-electron chi connectivity index (χ2n) is 3.75. The molecule has 0 atom stereocenters. The number of aryl methyl sites for hydroxylation is 1. The van der Waals surface area contributed by atoms with Crippen LogP contribution in [-0.2, 0) is 11.8 Å². The predicted molar refractivity (Wildman–Crippen MR) is 61.4 cm³/mol. The number of rotatable bonds is 3. The van der Waals surface area contributed by atoms with Gasteiger partial charge in [0, 0.05) is 12.7 Å². The van der Waals surface area contributed by atoms with Crippen LogP contribution < -0.4 is 0 Å². The van der Waals surface area contributed by atoms with Crippen LogP contribution in [0.4, 0.5) is 0 Å². The number of aromatic nitrogens is 2. The van der Waals surface area contributed by atoms with Crippen LogP contribution >= 0.6 is 0 Å². The number of carbonyl (C=O) groups excluding carboxylic acids is 2. The molecule has 0 saturated carbocycles. The van der Waals surface area contributed by atoms with Crippen molar-refractivity contribution in [2.45, 2.75) is 6.92 Å². The monoisotopic (exact) mass is 248 g/mol. The van der Waals surface area contributed by atoms with Crippen molar-refractivity contribution in [1.82, 2.24) is 9.78 Å². The van der Waals surface area contributed by atoms with Crippen LogP contribution in [0.25, 0.3) is 0 Å². The first-order valence-electron chi connectivity index (χ1n) is 5.26. The van der Waals surface area contributed by atoms with Gasteiger partial charge in [0.05, 0.1) is 18.9 Å². The van der Waals surface area contributed by atoms with E-state index in [0.29, 0.717) is 5.56 Å². The lowest BCUT2D eigenvalue weighted by molar-refractivity contribution is 0.0563. The fourth-order valence-corrected chi connectivity index (χ4v) is 1.52. The lowest BCUT2D eigenvalue weighted by Crippen LogP contribution is -2.03. The summed E-state index contributed by atoms with van der Waals surface area (Å²) in [6.45, 7) is 1.78. The molecule has 2 rings (SSSR count). The van der Waals surface area contributed by atoms with Crippen LogP contribution in [0.5, 0.6) is 0 Å². The second-order valence-corrected chi connectivity index (χ2v) is 3.75. The van der Waals surface area contributed by atoms with Crippen molar-refractivity contribution < 1.29 is 18.7 Å². The highest BCUT2D eigenvalue weighted by Crippen LogP contribution is 2.16. The van der Waals surface area contributed by atoms with Crippen LogP contribution in [0.3, 0.4) is 0 Å². The second kappa shape index (κ2) is 4.48. The maximum Gasteiger partial charge on any atom is 0.373 e. The molecule has 0 spiro atoms. The summed E-state index contributed by atoms with van der Waals surface area (Å²) in [5.41, 5.74) is 1.18. The molecule has 6 heteroatoms. The Labute approximate surface area is 103 Å². The average molecular weight is 248 g/mol. The minimum Gasteiger partial charge on any atom is -0.463 e. The molecule has 0 N–H and O–H groups in total. The zero-order chi connectivity index (χ0) is 13.3. The summed E-state index contributed by atoms with van der Waals surface area (Å²) in [6, 6.07) is 2.85. The van der Waals surface area contributed by atoms with Crippen LogP contribution in [0.1, 0.15) is 32.4 Å². The summed E-state index contributed by atoms with van der Waals surface area (Å²) in [5.74, 6) is -0.832. The third-order valence-corrected chi connectivity index (χ3v) is 2.70. The van der Waals surface area contributed by atoms with Crippen molar-refractivity contribution >= 4 is 11.8 Å². The van der Waals surface area contributed by atoms with E-state index < -0.39 is 5.97 Å². The van der Waals surface area contributed by atoms with Gasteiger partial charge in [0.1, 0.15) is 0 Å². The maximum absolute atomic E-state index is 12.1. The minimum absolute atomic E-state index is 0.00222. The molecule has 2 aromatic heterocycles. The Morgan fingerprint density at radius 3 is 2.56 bits per heavy atom. The lowest BCUT2D eigenvalue weighted by Gasteiger charge is -1.97. The van der Waals surface area contributed by atoms with E-state index in [9.17, 15) is 9.59 Å². The number of esters is 1. The van der Waals surface area contributed by atoms with Crippen LogP contribution in [0.2, 0.25) is 0 Å². The van der Waals surface area contributed by atoms with Gasteiger partial charge in [-0.2, -0.15) is 5.10 Å². The van der Waals surface area contributed by atoms with Crippen molar-refractivity contribution in [3.8, 4) is 0 Å². The molecule has 0 aliphatic heterocycles. The van der Waals surface area contributed by atoms with Crippen molar-refractivity contribution in [2.75, 3.05) is 7.11 Å². The smallest absolute Gasteiger partial charge is 0.373 e. The summed E-state index contributed by atoms with van der Waals surface area (Å²) in [4.78, 5) is 23.3. The zero-order valence-corrected chi connectivity index (χ0v) is 10.3. The Kier molecular flexibility index (Phi) is 3.01. The Bertz CT molecular complexity index is 609. The van der Waals surface area contributed by atoms with Gasteiger partial charge in [-0.1, -0.05) is 0 Å². The van der Waals surface area contributed by atoms with Gasteiger partial charge >= 0.3 is 5.97 Å². The first-order chi connectivity index (χ1) is 8.54. The molecule has 0 aliphatic rings.